The molecule has 0 unspecified atom stereocenters. The number of hydrogen-bond acceptors (Lipinski definition) is 5. The Morgan fingerprint density at radius 3 is 2.46 bits per heavy atom. The Hall–Kier alpha value is -3.59. The van der Waals surface area contributed by atoms with Gasteiger partial charge in [0, 0.05) is 16.7 Å². The molecule has 0 spiro atoms. The quantitative estimate of drug-likeness (QED) is 0.493. The van der Waals surface area contributed by atoms with E-state index >= 15 is 0 Å². The van der Waals surface area contributed by atoms with Crippen LogP contribution in [0.3, 0.4) is 0 Å². The Morgan fingerprint density at radius 1 is 1.08 bits per heavy atom. The number of oxime groups is 2. The number of carboxylic acids is 1. The van der Waals surface area contributed by atoms with Gasteiger partial charge in [-0.15, -0.1) is 0 Å². The summed E-state index contributed by atoms with van der Waals surface area (Å²) in [7, 11) is 1.29. The lowest BCUT2D eigenvalue weighted by Crippen LogP contribution is -2.17. The first-order chi connectivity index (χ1) is 12.6. The van der Waals surface area contributed by atoms with Gasteiger partial charge in [0.05, 0.1) is 0 Å². The van der Waals surface area contributed by atoms with E-state index in [0.29, 0.717) is 16.8 Å². The summed E-state index contributed by atoms with van der Waals surface area (Å²) >= 11 is 0. The number of nitrogens with zero attached hydrogens (tertiary/aromatic N) is 2. The molecule has 0 aromatic heterocycles. The van der Waals surface area contributed by atoms with Crippen molar-refractivity contribution in [1.29, 1.82) is 0 Å². The minimum Gasteiger partial charge on any atom is -0.476 e. The highest BCUT2D eigenvalue weighted by Gasteiger charge is 2.17. The molecule has 0 aliphatic heterocycles. The van der Waals surface area contributed by atoms with E-state index in [0.717, 1.165) is 5.56 Å². The lowest BCUT2D eigenvalue weighted by atomic mass is 10.0. The van der Waals surface area contributed by atoms with Gasteiger partial charge in [-0.2, -0.15) is 0 Å². The summed E-state index contributed by atoms with van der Waals surface area (Å²) in [5, 5.41) is 16.8. The van der Waals surface area contributed by atoms with Gasteiger partial charge in [0.15, 0.2) is 5.71 Å². The molecule has 0 amide bonds. The first kappa shape index (κ1) is 18.7. The molecule has 0 radical (unpaired) electrons. The van der Waals surface area contributed by atoms with E-state index in [1.807, 2.05) is 30.3 Å². The van der Waals surface area contributed by atoms with Crippen LogP contribution in [-0.4, -0.2) is 29.6 Å². The topological polar surface area (TPSA) is 80.5 Å². The van der Waals surface area contributed by atoms with E-state index in [9.17, 15) is 9.90 Å². The fourth-order valence-corrected chi connectivity index (χ4v) is 2.08. The van der Waals surface area contributed by atoms with Crippen LogP contribution in [0.4, 0.5) is 0 Å². The van der Waals surface area contributed by atoms with Crippen molar-refractivity contribution in [3.05, 3.63) is 71.3 Å². The molecule has 2 aromatic rings. The molecule has 6 heteroatoms. The number of aliphatic carboxylic acids is 1. The fraction of sp³-hybridized carbons (Fsp3) is 0.150. The van der Waals surface area contributed by atoms with Gasteiger partial charge in [-0.1, -0.05) is 58.7 Å². The van der Waals surface area contributed by atoms with Crippen molar-refractivity contribution < 1.29 is 19.6 Å². The number of carboxylic acid groups (broad SMARTS) is 1. The normalized spacial score (nSPS) is 11.3. The van der Waals surface area contributed by atoms with Gasteiger partial charge in [0.1, 0.15) is 19.4 Å². The maximum Gasteiger partial charge on any atom is 0.358 e. The van der Waals surface area contributed by atoms with Crippen LogP contribution in [0, 0.1) is 11.8 Å². The van der Waals surface area contributed by atoms with Crippen molar-refractivity contribution in [2.75, 3.05) is 7.11 Å². The van der Waals surface area contributed by atoms with Crippen LogP contribution in [0.1, 0.15) is 23.6 Å². The lowest BCUT2D eigenvalue weighted by molar-refractivity contribution is -0.129. The minimum absolute atomic E-state index is 0.0799. The Balaban J connectivity index is 2.09. The van der Waals surface area contributed by atoms with Crippen molar-refractivity contribution in [2.24, 2.45) is 10.3 Å². The highest BCUT2D eigenvalue weighted by Crippen LogP contribution is 2.12. The van der Waals surface area contributed by atoms with Gasteiger partial charge >= 0.3 is 5.97 Å². The summed E-state index contributed by atoms with van der Waals surface area (Å²) in [5.41, 5.74) is 2.23. The van der Waals surface area contributed by atoms with E-state index < -0.39 is 5.97 Å². The second-order valence-corrected chi connectivity index (χ2v) is 5.15. The third-order valence-corrected chi connectivity index (χ3v) is 3.24. The van der Waals surface area contributed by atoms with E-state index in [1.165, 1.54) is 7.11 Å². The molecule has 132 valence electrons. The maximum atomic E-state index is 11.3. The average Bonchev–Trinajstić information content (AvgIpc) is 2.65. The number of benzene rings is 2. The van der Waals surface area contributed by atoms with E-state index in [4.69, 9.17) is 4.84 Å². The van der Waals surface area contributed by atoms with E-state index in [2.05, 4.69) is 27.0 Å². The first-order valence-electron chi connectivity index (χ1n) is 7.78. The maximum absolute atomic E-state index is 11.3. The molecule has 0 atom stereocenters. The standard InChI is InChI=1S/C20H18N2O4/c1-15(12-13-16-8-4-3-5-9-16)21-26-14-17-10-6-7-11-18(17)19(20(23)24)22-25-2/h3-11H,14H2,1-2H3,(H,23,24)/b21-15+,22-19+. The second kappa shape index (κ2) is 9.64. The smallest absolute Gasteiger partial charge is 0.358 e. The van der Waals surface area contributed by atoms with Gasteiger partial charge in [-0.25, -0.2) is 4.79 Å². The zero-order valence-corrected chi connectivity index (χ0v) is 14.5. The largest absolute Gasteiger partial charge is 0.476 e. The van der Waals surface area contributed by atoms with Crippen molar-refractivity contribution in [2.45, 2.75) is 13.5 Å². The Bertz CT molecular complexity index is 877. The third kappa shape index (κ3) is 5.49. The van der Waals surface area contributed by atoms with E-state index in [1.54, 1.807) is 31.2 Å². The summed E-state index contributed by atoms with van der Waals surface area (Å²) in [6.07, 6.45) is 0. The Morgan fingerprint density at radius 2 is 1.77 bits per heavy atom. The SMILES string of the molecule is CO/N=C(/C(=O)O)c1ccccc1CO/N=C(\C)C#Cc1ccccc1. The molecule has 2 rings (SSSR count). The number of hydrogen-bond donors (Lipinski definition) is 1. The van der Waals surface area contributed by atoms with Gasteiger partial charge in [-0.05, 0) is 25.0 Å². The summed E-state index contributed by atoms with van der Waals surface area (Å²) in [6.45, 7) is 1.81. The summed E-state index contributed by atoms with van der Waals surface area (Å²) in [4.78, 5) is 21.3. The zero-order valence-electron chi connectivity index (χ0n) is 14.5. The molecule has 0 aliphatic rings. The summed E-state index contributed by atoms with van der Waals surface area (Å²) in [6, 6.07) is 16.4. The minimum atomic E-state index is -1.19. The van der Waals surface area contributed by atoms with Crippen LogP contribution in [0.25, 0.3) is 0 Å². The molecule has 6 nitrogen and oxygen atoms in total. The van der Waals surface area contributed by atoms with Crippen molar-refractivity contribution >= 4 is 17.4 Å². The van der Waals surface area contributed by atoms with Crippen molar-refractivity contribution in [3.63, 3.8) is 0 Å². The van der Waals surface area contributed by atoms with Crippen LogP contribution in [0.15, 0.2) is 64.9 Å². The van der Waals surface area contributed by atoms with Crippen molar-refractivity contribution in [3.8, 4) is 11.8 Å². The van der Waals surface area contributed by atoms with Gasteiger partial charge in [-0.3, -0.25) is 0 Å². The summed E-state index contributed by atoms with van der Waals surface area (Å²) in [5.74, 6) is 4.69. The molecule has 0 fully saturated rings. The highest BCUT2D eigenvalue weighted by molar-refractivity contribution is 6.42. The van der Waals surface area contributed by atoms with Crippen LogP contribution < -0.4 is 0 Å². The van der Waals surface area contributed by atoms with Crippen molar-refractivity contribution in [1.82, 2.24) is 0 Å². The second-order valence-electron chi connectivity index (χ2n) is 5.15. The Kier molecular flexibility index (Phi) is 6.95. The van der Waals surface area contributed by atoms with Gasteiger partial charge in [0.25, 0.3) is 0 Å². The monoisotopic (exact) mass is 350 g/mol. The fourth-order valence-electron chi connectivity index (χ4n) is 2.08. The molecule has 0 heterocycles. The van der Waals surface area contributed by atoms with Gasteiger partial charge in [0.2, 0.25) is 0 Å². The van der Waals surface area contributed by atoms with Gasteiger partial charge < -0.3 is 14.8 Å². The van der Waals surface area contributed by atoms with Crippen LogP contribution in [0.5, 0.6) is 0 Å². The van der Waals surface area contributed by atoms with E-state index in [-0.39, 0.29) is 12.3 Å². The molecule has 26 heavy (non-hydrogen) atoms. The predicted octanol–water partition coefficient (Wildman–Crippen LogP) is 3.07. The lowest BCUT2D eigenvalue weighted by Gasteiger charge is -2.07. The summed E-state index contributed by atoms with van der Waals surface area (Å²) < 4.78 is 0. The van der Waals surface area contributed by atoms with Crippen LogP contribution in [-0.2, 0) is 21.1 Å². The number of carbonyl (C=O) groups is 1. The molecule has 0 aliphatic carbocycles. The molecule has 0 saturated heterocycles. The molecular weight excluding hydrogens is 332 g/mol. The van der Waals surface area contributed by atoms with Crippen LogP contribution in [0.2, 0.25) is 0 Å². The average molecular weight is 350 g/mol. The first-order valence-corrected chi connectivity index (χ1v) is 7.78. The predicted molar refractivity (Wildman–Crippen MR) is 98.8 cm³/mol. The highest BCUT2D eigenvalue weighted by atomic mass is 16.6. The van der Waals surface area contributed by atoms with Crippen LogP contribution >= 0.6 is 0 Å². The molecular formula is C20H18N2O4. The molecule has 2 aromatic carbocycles. The molecule has 1 N–H and O–H groups in total. The number of rotatable bonds is 6. The molecule has 0 bridgehead atoms. The zero-order chi connectivity index (χ0) is 18.8. The third-order valence-electron chi connectivity index (χ3n) is 3.24. The molecule has 0 saturated carbocycles. The Labute approximate surface area is 151 Å².